The summed E-state index contributed by atoms with van der Waals surface area (Å²) in [5.74, 6) is -1.25. The number of hydrogen-bond acceptors (Lipinski definition) is 1. The number of hydrogen-bond donors (Lipinski definition) is 0. The van der Waals surface area contributed by atoms with Gasteiger partial charge in [-0.25, -0.2) is 8.78 Å². The molecule has 0 N–H and O–H groups in total. The number of rotatable bonds is 1. The molecule has 2 nitrogen and oxygen atoms in total. The number of carbonyl (C=O) groups excluding carboxylic acids is 1. The molecule has 0 aliphatic carbocycles. The Morgan fingerprint density at radius 1 is 1.31 bits per heavy atom. The van der Waals surface area contributed by atoms with Gasteiger partial charge in [0.25, 0.3) is 5.91 Å². The summed E-state index contributed by atoms with van der Waals surface area (Å²) in [7, 11) is 0. The minimum Gasteiger partial charge on any atom is -0.338 e. The maximum Gasteiger partial charge on any atom is 0.254 e. The van der Waals surface area contributed by atoms with Gasteiger partial charge < -0.3 is 4.90 Å². The Morgan fingerprint density at radius 3 is 2.44 bits per heavy atom. The zero-order valence-electron chi connectivity index (χ0n) is 9.04. The topological polar surface area (TPSA) is 20.3 Å². The average molecular weight is 225 g/mol. The molecule has 1 aromatic carbocycles. The van der Waals surface area contributed by atoms with Crippen molar-refractivity contribution in [2.24, 2.45) is 5.92 Å². The smallest absolute Gasteiger partial charge is 0.254 e. The van der Waals surface area contributed by atoms with Crippen LogP contribution in [0.1, 0.15) is 23.7 Å². The van der Waals surface area contributed by atoms with Crippen molar-refractivity contribution in [2.75, 3.05) is 13.1 Å². The summed E-state index contributed by atoms with van der Waals surface area (Å²) < 4.78 is 25.9. The van der Waals surface area contributed by atoms with E-state index in [-0.39, 0.29) is 11.5 Å². The maximum absolute atomic E-state index is 12.9. The Hall–Kier alpha value is -1.45. The van der Waals surface area contributed by atoms with Gasteiger partial charge in [0.2, 0.25) is 0 Å². The molecule has 1 saturated heterocycles. The Kier molecular flexibility index (Phi) is 2.90. The molecule has 1 fully saturated rings. The molecule has 4 heteroatoms. The largest absolute Gasteiger partial charge is 0.338 e. The van der Waals surface area contributed by atoms with E-state index in [4.69, 9.17) is 0 Å². The SMILES string of the molecule is CC1CCN(C(=O)c2cc(F)cc(F)c2)C1. The molecule has 1 unspecified atom stereocenters. The third-order valence-electron chi connectivity index (χ3n) is 2.82. The quantitative estimate of drug-likeness (QED) is 0.719. The number of benzene rings is 1. The number of nitrogens with zero attached hydrogens (tertiary/aromatic N) is 1. The molecule has 0 spiro atoms. The summed E-state index contributed by atoms with van der Waals surface area (Å²) in [6.45, 7) is 3.38. The second-order valence-corrected chi connectivity index (χ2v) is 4.30. The maximum atomic E-state index is 12.9. The summed E-state index contributed by atoms with van der Waals surface area (Å²) in [6, 6.07) is 2.92. The molecule has 2 rings (SSSR count). The summed E-state index contributed by atoms with van der Waals surface area (Å²) >= 11 is 0. The lowest BCUT2D eigenvalue weighted by Crippen LogP contribution is -2.28. The molecule has 86 valence electrons. The minimum atomic E-state index is -0.712. The molecule has 16 heavy (non-hydrogen) atoms. The van der Waals surface area contributed by atoms with Crippen molar-refractivity contribution < 1.29 is 13.6 Å². The van der Waals surface area contributed by atoms with Crippen LogP contribution >= 0.6 is 0 Å². The summed E-state index contributed by atoms with van der Waals surface area (Å²) in [5, 5.41) is 0. The minimum absolute atomic E-state index is 0.0894. The van der Waals surface area contributed by atoms with E-state index in [1.807, 2.05) is 0 Å². The van der Waals surface area contributed by atoms with Gasteiger partial charge in [-0.15, -0.1) is 0 Å². The van der Waals surface area contributed by atoms with Gasteiger partial charge in [0.15, 0.2) is 0 Å². The molecule has 0 radical (unpaired) electrons. The van der Waals surface area contributed by atoms with Crippen molar-refractivity contribution in [2.45, 2.75) is 13.3 Å². The van der Waals surface area contributed by atoms with Crippen LogP contribution in [0.25, 0.3) is 0 Å². The highest BCUT2D eigenvalue weighted by Crippen LogP contribution is 2.18. The van der Waals surface area contributed by atoms with E-state index in [1.165, 1.54) is 0 Å². The fourth-order valence-electron chi connectivity index (χ4n) is 1.98. The molecule has 1 atom stereocenters. The molecule has 1 aliphatic rings. The van der Waals surface area contributed by atoms with Crippen molar-refractivity contribution in [3.63, 3.8) is 0 Å². The monoisotopic (exact) mass is 225 g/mol. The van der Waals surface area contributed by atoms with E-state index in [9.17, 15) is 13.6 Å². The predicted octanol–water partition coefficient (Wildman–Crippen LogP) is 2.45. The van der Waals surface area contributed by atoms with Gasteiger partial charge in [-0.2, -0.15) is 0 Å². The first-order valence-corrected chi connectivity index (χ1v) is 5.31. The lowest BCUT2D eigenvalue weighted by atomic mass is 10.1. The van der Waals surface area contributed by atoms with Crippen LogP contribution in [0.2, 0.25) is 0 Å². The molecule has 0 aromatic heterocycles. The number of likely N-dealkylation sites (tertiary alicyclic amines) is 1. The van der Waals surface area contributed by atoms with Crippen molar-refractivity contribution in [3.8, 4) is 0 Å². The van der Waals surface area contributed by atoms with Crippen LogP contribution in [-0.4, -0.2) is 23.9 Å². The van der Waals surface area contributed by atoms with E-state index >= 15 is 0 Å². The molecule has 0 bridgehead atoms. The Morgan fingerprint density at radius 2 is 1.94 bits per heavy atom. The first kappa shape index (κ1) is 11.0. The fraction of sp³-hybridized carbons (Fsp3) is 0.417. The number of carbonyl (C=O) groups is 1. The lowest BCUT2D eigenvalue weighted by molar-refractivity contribution is 0.0787. The Balaban J connectivity index is 2.20. The normalized spacial score (nSPS) is 20.2. The summed E-state index contributed by atoms with van der Waals surface area (Å²) in [5.41, 5.74) is 0.0894. The van der Waals surface area contributed by atoms with Crippen molar-refractivity contribution in [1.29, 1.82) is 0 Å². The Bertz CT molecular complexity index is 399. The van der Waals surface area contributed by atoms with E-state index in [0.717, 1.165) is 24.6 Å². The summed E-state index contributed by atoms with van der Waals surface area (Å²) in [4.78, 5) is 13.5. The standard InChI is InChI=1S/C12H13F2NO/c1-8-2-3-15(7-8)12(16)9-4-10(13)6-11(14)5-9/h4-6,8H,2-3,7H2,1H3. The highest BCUT2D eigenvalue weighted by molar-refractivity contribution is 5.94. The van der Waals surface area contributed by atoms with Gasteiger partial charge in [-0.3, -0.25) is 4.79 Å². The molecular formula is C12H13F2NO. The molecule has 1 aliphatic heterocycles. The first-order valence-electron chi connectivity index (χ1n) is 5.31. The van der Waals surface area contributed by atoms with E-state index in [2.05, 4.69) is 6.92 Å². The van der Waals surface area contributed by atoms with E-state index in [1.54, 1.807) is 4.90 Å². The van der Waals surface area contributed by atoms with Crippen molar-refractivity contribution in [1.82, 2.24) is 4.90 Å². The molecular weight excluding hydrogens is 212 g/mol. The van der Waals surface area contributed by atoms with Crippen LogP contribution in [0.3, 0.4) is 0 Å². The fourth-order valence-corrected chi connectivity index (χ4v) is 1.98. The lowest BCUT2D eigenvalue weighted by Gasteiger charge is -2.15. The van der Waals surface area contributed by atoms with Crippen molar-refractivity contribution >= 4 is 5.91 Å². The van der Waals surface area contributed by atoms with Gasteiger partial charge in [0.05, 0.1) is 0 Å². The highest BCUT2D eigenvalue weighted by Gasteiger charge is 2.24. The van der Waals surface area contributed by atoms with Gasteiger partial charge in [0.1, 0.15) is 11.6 Å². The highest BCUT2D eigenvalue weighted by atomic mass is 19.1. The van der Waals surface area contributed by atoms with Gasteiger partial charge in [0, 0.05) is 24.7 Å². The third-order valence-corrected chi connectivity index (χ3v) is 2.82. The van der Waals surface area contributed by atoms with Crippen LogP contribution in [0.15, 0.2) is 18.2 Å². The van der Waals surface area contributed by atoms with Crippen molar-refractivity contribution in [3.05, 3.63) is 35.4 Å². The number of halogens is 2. The second-order valence-electron chi connectivity index (χ2n) is 4.30. The van der Waals surface area contributed by atoms with Crippen LogP contribution in [-0.2, 0) is 0 Å². The van der Waals surface area contributed by atoms with Gasteiger partial charge >= 0.3 is 0 Å². The third kappa shape index (κ3) is 2.21. The van der Waals surface area contributed by atoms with E-state index < -0.39 is 11.6 Å². The Labute approximate surface area is 92.9 Å². The molecule has 1 heterocycles. The second kappa shape index (κ2) is 4.20. The molecule has 0 saturated carbocycles. The number of amides is 1. The zero-order valence-corrected chi connectivity index (χ0v) is 9.04. The first-order chi connectivity index (χ1) is 7.56. The van der Waals surface area contributed by atoms with Crippen LogP contribution in [0.5, 0.6) is 0 Å². The average Bonchev–Trinajstić information content (AvgIpc) is 2.62. The van der Waals surface area contributed by atoms with Gasteiger partial charge in [-0.1, -0.05) is 6.92 Å². The predicted molar refractivity (Wildman–Crippen MR) is 56.0 cm³/mol. The van der Waals surface area contributed by atoms with Gasteiger partial charge in [-0.05, 0) is 24.5 Å². The summed E-state index contributed by atoms with van der Waals surface area (Å²) in [6.07, 6.45) is 0.948. The van der Waals surface area contributed by atoms with Crippen LogP contribution in [0.4, 0.5) is 8.78 Å². The molecule has 1 amide bonds. The van der Waals surface area contributed by atoms with Crippen LogP contribution < -0.4 is 0 Å². The van der Waals surface area contributed by atoms with E-state index in [0.29, 0.717) is 19.0 Å². The zero-order chi connectivity index (χ0) is 11.7. The molecule has 1 aromatic rings. The van der Waals surface area contributed by atoms with Crippen LogP contribution in [0, 0.1) is 17.6 Å².